The molecule has 6 nitrogen and oxygen atoms in total. The van der Waals surface area contributed by atoms with Crippen molar-refractivity contribution in [3.8, 4) is 11.5 Å². The van der Waals surface area contributed by atoms with Gasteiger partial charge in [-0.1, -0.05) is 6.07 Å². The number of hydrogen-bond donors (Lipinski definition) is 2. The molecule has 18 heavy (non-hydrogen) atoms. The van der Waals surface area contributed by atoms with Crippen LogP contribution in [0.5, 0.6) is 11.5 Å². The topological polar surface area (TPSA) is 98.9 Å². The van der Waals surface area contributed by atoms with Crippen molar-refractivity contribution >= 4 is 10.1 Å². The van der Waals surface area contributed by atoms with Crippen LogP contribution < -0.4 is 15.2 Å². The molecule has 0 spiro atoms. The first-order valence-electron chi connectivity index (χ1n) is 5.27. The Bertz CT molecular complexity index is 500. The highest BCUT2D eigenvalue weighted by Crippen LogP contribution is 2.27. The van der Waals surface area contributed by atoms with Gasteiger partial charge in [0.1, 0.15) is 0 Å². The van der Waals surface area contributed by atoms with Gasteiger partial charge in [-0.2, -0.15) is 8.42 Å². The Labute approximate surface area is 106 Å². The van der Waals surface area contributed by atoms with E-state index in [1.807, 2.05) is 0 Å². The summed E-state index contributed by atoms with van der Waals surface area (Å²) in [6.45, 7) is 0. The Morgan fingerprint density at radius 3 is 2.39 bits per heavy atom. The van der Waals surface area contributed by atoms with E-state index in [0.29, 0.717) is 17.9 Å². The number of methoxy groups -OCH3 is 2. The fourth-order valence-electron chi connectivity index (χ4n) is 1.64. The average Bonchev–Trinajstić information content (AvgIpc) is 2.26. The Morgan fingerprint density at radius 2 is 1.89 bits per heavy atom. The highest BCUT2D eigenvalue weighted by molar-refractivity contribution is 7.85. The molecule has 0 unspecified atom stereocenters. The molecule has 0 saturated carbocycles. The van der Waals surface area contributed by atoms with Crippen molar-refractivity contribution in [2.45, 2.75) is 12.5 Å². The number of hydrogen-bond acceptors (Lipinski definition) is 5. The van der Waals surface area contributed by atoms with Crippen molar-refractivity contribution in [1.29, 1.82) is 0 Å². The van der Waals surface area contributed by atoms with Gasteiger partial charge >= 0.3 is 0 Å². The lowest BCUT2D eigenvalue weighted by molar-refractivity contribution is 0.354. The van der Waals surface area contributed by atoms with Crippen molar-refractivity contribution in [2.75, 3.05) is 20.0 Å². The van der Waals surface area contributed by atoms with Crippen LogP contribution in [0, 0.1) is 0 Å². The maximum absolute atomic E-state index is 10.7. The summed E-state index contributed by atoms with van der Waals surface area (Å²) in [4.78, 5) is 0. The Kier molecular flexibility index (Phi) is 4.94. The third-order valence-corrected chi connectivity index (χ3v) is 3.22. The monoisotopic (exact) mass is 275 g/mol. The number of nitrogens with two attached hydrogens (primary N) is 1. The van der Waals surface area contributed by atoms with Crippen LogP contribution in [0.25, 0.3) is 0 Å². The van der Waals surface area contributed by atoms with E-state index >= 15 is 0 Å². The lowest BCUT2D eigenvalue weighted by Gasteiger charge is -2.12. The molecule has 0 heterocycles. The summed E-state index contributed by atoms with van der Waals surface area (Å²) in [5, 5.41) is 0. The van der Waals surface area contributed by atoms with Gasteiger partial charge in [-0.15, -0.1) is 0 Å². The molecule has 7 heteroatoms. The van der Waals surface area contributed by atoms with Crippen LogP contribution in [0.4, 0.5) is 0 Å². The van der Waals surface area contributed by atoms with E-state index in [1.165, 1.54) is 14.2 Å². The predicted octanol–water partition coefficient (Wildman–Crippen LogP) is 0.461. The van der Waals surface area contributed by atoms with Crippen molar-refractivity contribution in [3.63, 3.8) is 0 Å². The van der Waals surface area contributed by atoms with Gasteiger partial charge in [0.25, 0.3) is 10.1 Å². The van der Waals surface area contributed by atoms with Gasteiger partial charge in [0.15, 0.2) is 11.5 Å². The molecule has 1 rings (SSSR count). The first-order valence-corrected chi connectivity index (χ1v) is 6.88. The number of rotatable bonds is 6. The summed E-state index contributed by atoms with van der Waals surface area (Å²) in [5.41, 5.74) is 6.45. The van der Waals surface area contributed by atoms with E-state index in [1.54, 1.807) is 18.2 Å². The molecule has 0 amide bonds. The van der Waals surface area contributed by atoms with Gasteiger partial charge in [0.05, 0.1) is 20.0 Å². The average molecular weight is 275 g/mol. The van der Waals surface area contributed by atoms with Crippen LogP contribution in [0.3, 0.4) is 0 Å². The Hall–Kier alpha value is -1.31. The van der Waals surface area contributed by atoms with E-state index in [0.717, 1.165) is 5.56 Å². The van der Waals surface area contributed by atoms with Crippen LogP contribution in [0.15, 0.2) is 18.2 Å². The van der Waals surface area contributed by atoms with Crippen LogP contribution in [0.1, 0.15) is 5.56 Å². The number of benzene rings is 1. The van der Waals surface area contributed by atoms with Crippen LogP contribution >= 0.6 is 0 Å². The fourth-order valence-corrected chi connectivity index (χ4v) is 2.30. The first kappa shape index (κ1) is 14.7. The van der Waals surface area contributed by atoms with E-state index in [-0.39, 0.29) is 0 Å². The third kappa shape index (κ3) is 4.52. The van der Waals surface area contributed by atoms with Gasteiger partial charge < -0.3 is 15.2 Å². The Morgan fingerprint density at radius 1 is 1.28 bits per heavy atom. The summed E-state index contributed by atoms with van der Waals surface area (Å²) < 4.78 is 40.3. The predicted molar refractivity (Wildman–Crippen MR) is 67.6 cm³/mol. The van der Waals surface area contributed by atoms with Crippen LogP contribution in [0.2, 0.25) is 0 Å². The molecule has 1 aromatic carbocycles. The minimum atomic E-state index is -4.05. The smallest absolute Gasteiger partial charge is 0.266 e. The molecule has 0 aliphatic carbocycles. The molecule has 3 N–H and O–H groups in total. The van der Waals surface area contributed by atoms with E-state index in [2.05, 4.69) is 0 Å². The minimum Gasteiger partial charge on any atom is -0.493 e. The maximum Gasteiger partial charge on any atom is 0.266 e. The second-order valence-corrected chi connectivity index (χ2v) is 5.40. The minimum absolute atomic E-state index is 0.320. The summed E-state index contributed by atoms with van der Waals surface area (Å²) in [7, 11) is -1.01. The molecule has 0 fully saturated rings. The standard InChI is InChI=1S/C11H17NO5S/c1-16-10-4-3-8(6-11(10)17-2)5-9(12)7-18(13,14)15/h3-4,6,9H,5,7,12H2,1-2H3,(H,13,14,15)/t9-/m1/s1. The molecular formula is C11H17NO5S. The Balaban J connectivity index is 2.79. The normalized spacial score (nSPS) is 13.1. The molecule has 0 aromatic heterocycles. The summed E-state index contributed by atoms with van der Waals surface area (Å²) in [5.74, 6) is 0.667. The second-order valence-electron chi connectivity index (χ2n) is 3.90. The zero-order chi connectivity index (χ0) is 13.8. The third-order valence-electron chi connectivity index (χ3n) is 2.37. The highest BCUT2D eigenvalue weighted by Gasteiger charge is 2.14. The zero-order valence-electron chi connectivity index (χ0n) is 10.3. The van der Waals surface area contributed by atoms with Gasteiger partial charge in [0.2, 0.25) is 0 Å². The van der Waals surface area contributed by atoms with Crippen LogP contribution in [-0.2, 0) is 16.5 Å². The maximum atomic E-state index is 10.7. The molecular weight excluding hydrogens is 258 g/mol. The molecule has 1 aromatic rings. The molecule has 102 valence electrons. The first-order chi connectivity index (χ1) is 8.35. The molecule has 0 bridgehead atoms. The molecule has 0 aliphatic rings. The van der Waals surface area contributed by atoms with Gasteiger partial charge in [-0.3, -0.25) is 4.55 Å². The van der Waals surface area contributed by atoms with Gasteiger partial charge in [-0.25, -0.2) is 0 Å². The van der Waals surface area contributed by atoms with Gasteiger partial charge in [-0.05, 0) is 24.1 Å². The summed E-state index contributed by atoms with van der Waals surface area (Å²) in [6, 6.07) is 4.54. The van der Waals surface area contributed by atoms with Crippen molar-refractivity contribution < 1.29 is 22.4 Å². The van der Waals surface area contributed by atoms with Crippen molar-refractivity contribution in [1.82, 2.24) is 0 Å². The van der Waals surface area contributed by atoms with E-state index < -0.39 is 21.9 Å². The van der Waals surface area contributed by atoms with Crippen molar-refractivity contribution in [2.24, 2.45) is 5.73 Å². The molecule has 0 saturated heterocycles. The fraction of sp³-hybridized carbons (Fsp3) is 0.455. The number of ether oxygens (including phenoxy) is 2. The van der Waals surface area contributed by atoms with Gasteiger partial charge in [0, 0.05) is 6.04 Å². The second kappa shape index (κ2) is 6.03. The SMILES string of the molecule is COc1ccc(C[C@@H](N)CS(=O)(=O)O)cc1OC. The lowest BCUT2D eigenvalue weighted by atomic mass is 10.1. The lowest BCUT2D eigenvalue weighted by Crippen LogP contribution is -2.31. The highest BCUT2D eigenvalue weighted by atomic mass is 32.2. The quantitative estimate of drug-likeness (QED) is 0.732. The molecule has 1 atom stereocenters. The van der Waals surface area contributed by atoms with E-state index in [9.17, 15) is 8.42 Å². The molecule has 0 aliphatic heterocycles. The summed E-state index contributed by atoms with van der Waals surface area (Å²) >= 11 is 0. The molecule has 0 radical (unpaired) electrons. The summed E-state index contributed by atoms with van der Waals surface area (Å²) in [6.07, 6.45) is 0.320. The van der Waals surface area contributed by atoms with Crippen molar-refractivity contribution in [3.05, 3.63) is 23.8 Å². The zero-order valence-corrected chi connectivity index (χ0v) is 11.1. The van der Waals surface area contributed by atoms with Crippen LogP contribution in [-0.4, -0.2) is 39.0 Å². The largest absolute Gasteiger partial charge is 0.493 e. The van der Waals surface area contributed by atoms with E-state index in [4.69, 9.17) is 19.8 Å².